The van der Waals surface area contributed by atoms with Crippen LogP contribution in [0.25, 0.3) is 0 Å². The quantitative estimate of drug-likeness (QED) is 0.602. The van der Waals surface area contributed by atoms with Gasteiger partial charge in [0.15, 0.2) is 6.61 Å². The fourth-order valence-corrected chi connectivity index (χ4v) is 4.16. The summed E-state index contributed by atoms with van der Waals surface area (Å²) >= 11 is 0. The predicted octanol–water partition coefficient (Wildman–Crippen LogP) is 4.25. The Hall–Kier alpha value is -3.02. The van der Waals surface area contributed by atoms with E-state index >= 15 is 0 Å². The van der Waals surface area contributed by atoms with Crippen molar-refractivity contribution in [2.24, 2.45) is 0 Å². The van der Waals surface area contributed by atoms with Gasteiger partial charge in [0.05, 0.1) is 7.11 Å². The Morgan fingerprint density at radius 3 is 2.34 bits per heavy atom. The topological polar surface area (TPSA) is 67.9 Å². The third-order valence-corrected chi connectivity index (χ3v) is 6.11. The van der Waals surface area contributed by atoms with Crippen molar-refractivity contribution >= 4 is 11.8 Å². The van der Waals surface area contributed by atoms with Gasteiger partial charge in [-0.05, 0) is 61.6 Å². The van der Waals surface area contributed by atoms with Crippen LogP contribution in [0, 0.1) is 6.92 Å². The number of hydrogen-bond donors (Lipinski definition) is 1. The Kier molecular flexibility index (Phi) is 8.54. The number of carbonyl (C=O) groups excluding carboxylic acids is 2. The molecule has 0 bridgehead atoms. The molecule has 2 amide bonds. The number of rotatable bonds is 10. The molecular formula is C26H34N2O4. The van der Waals surface area contributed by atoms with Crippen LogP contribution < -0.4 is 14.8 Å². The number of amides is 2. The number of nitrogens with one attached hydrogen (secondary N) is 1. The van der Waals surface area contributed by atoms with Crippen LogP contribution in [0.4, 0.5) is 0 Å². The van der Waals surface area contributed by atoms with Crippen LogP contribution in [0.3, 0.4) is 0 Å². The molecule has 6 heteroatoms. The number of carbonyl (C=O) groups is 2. The van der Waals surface area contributed by atoms with Crippen LogP contribution in [0.5, 0.6) is 11.5 Å². The van der Waals surface area contributed by atoms with E-state index in [1.165, 1.54) is 0 Å². The average molecular weight is 439 g/mol. The maximum absolute atomic E-state index is 13.3. The highest BCUT2D eigenvalue weighted by Crippen LogP contribution is 2.21. The Morgan fingerprint density at radius 2 is 1.72 bits per heavy atom. The summed E-state index contributed by atoms with van der Waals surface area (Å²) in [6, 6.07) is 14.7. The van der Waals surface area contributed by atoms with Gasteiger partial charge in [0.25, 0.3) is 5.91 Å². The zero-order valence-electron chi connectivity index (χ0n) is 19.3. The fraction of sp³-hybridized carbons (Fsp3) is 0.462. The lowest BCUT2D eigenvalue weighted by molar-refractivity contribution is -0.143. The molecule has 6 nitrogen and oxygen atoms in total. The minimum absolute atomic E-state index is 0.0780. The molecule has 1 atom stereocenters. The van der Waals surface area contributed by atoms with E-state index in [0.29, 0.717) is 18.7 Å². The maximum atomic E-state index is 13.3. The largest absolute Gasteiger partial charge is 0.497 e. The molecule has 3 rings (SSSR count). The molecule has 0 aromatic heterocycles. The summed E-state index contributed by atoms with van der Waals surface area (Å²) in [6.45, 7) is 4.20. The Balaban J connectivity index is 1.75. The number of benzene rings is 2. The van der Waals surface area contributed by atoms with Gasteiger partial charge in [-0.15, -0.1) is 0 Å². The Morgan fingerprint density at radius 1 is 1.06 bits per heavy atom. The monoisotopic (exact) mass is 438 g/mol. The molecule has 0 saturated heterocycles. The maximum Gasteiger partial charge on any atom is 0.261 e. The van der Waals surface area contributed by atoms with E-state index in [-0.39, 0.29) is 24.5 Å². The molecule has 1 fully saturated rings. The first-order chi connectivity index (χ1) is 15.5. The lowest BCUT2D eigenvalue weighted by Crippen LogP contribution is -2.52. The summed E-state index contributed by atoms with van der Waals surface area (Å²) in [6.07, 6.45) is 4.84. The standard InChI is InChI=1S/C26H34N2O4/c1-4-24(26(30)27-21-11-7-8-12-21)28(17-20-10-6-5-9-19(20)2)25(29)18-32-23-15-13-22(31-3)14-16-23/h5-6,9-10,13-16,21,24H,4,7-8,11-12,17-18H2,1-3H3,(H,27,30)/t24-/m0/s1. The molecule has 2 aromatic rings. The molecule has 0 unspecified atom stereocenters. The summed E-state index contributed by atoms with van der Waals surface area (Å²) in [7, 11) is 1.60. The van der Waals surface area contributed by atoms with E-state index in [9.17, 15) is 9.59 Å². The zero-order valence-corrected chi connectivity index (χ0v) is 19.3. The van der Waals surface area contributed by atoms with Gasteiger partial charge in [0, 0.05) is 12.6 Å². The normalized spacial score (nSPS) is 14.6. The molecule has 0 radical (unpaired) electrons. The number of ether oxygens (including phenoxy) is 2. The van der Waals surface area contributed by atoms with Crippen LogP contribution >= 0.6 is 0 Å². The zero-order chi connectivity index (χ0) is 22.9. The summed E-state index contributed by atoms with van der Waals surface area (Å²) in [5, 5.41) is 3.16. The van der Waals surface area contributed by atoms with E-state index in [1.807, 2.05) is 38.1 Å². The second kappa shape index (κ2) is 11.6. The SMILES string of the molecule is CC[C@@H](C(=O)NC1CCCC1)N(Cc1ccccc1C)C(=O)COc1ccc(OC)cc1. The molecular weight excluding hydrogens is 404 g/mol. The van der Waals surface area contributed by atoms with Gasteiger partial charge >= 0.3 is 0 Å². The van der Waals surface area contributed by atoms with Gasteiger partial charge in [-0.25, -0.2) is 0 Å². The van der Waals surface area contributed by atoms with Crippen LogP contribution in [-0.2, 0) is 16.1 Å². The molecule has 0 spiro atoms. The molecule has 32 heavy (non-hydrogen) atoms. The molecule has 1 saturated carbocycles. The second-order valence-electron chi connectivity index (χ2n) is 8.33. The first kappa shape index (κ1) is 23.6. The number of methoxy groups -OCH3 is 1. The van der Waals surface area contributed by atoms with Gasteiger partial charge in [0.2, 0.25) is 5.91 Å². The highest BCUT2D eigenvalue weighted by Gasteiger charge is 2.31. The van der Waals surface area contributed by atoms with E-state index < -0.39 is 6.04 Å². The molecule has 172 valence electrons. The molecule has 2 aromatic carbocycles. The molecule has 0 aliphatic heterocycles. The molecule has 1 aliphatic rings. The highest BCUT2D eigenvalue weighted by atomic mass is 16.5. The van der Waals surface area contributed by atoms with E-state index in [2.05, 4.69) is 5.32 Å². The number of aryl methyl sites for hydroxylation is 1. The Labute approximate surface area is 190 Å². The third-order valence-electron chi connectivity index (χ3n) is 6.11. The van der Waals surface area contributed by atoms with Crippen molar-refractivity contribution in [3.63, 3.8) is 0 Å². The van der Waals surface area contributed by atoms with E-state index in [1.54, 1.807) is 36.3 Å². The van der Waals surface area contributed by atoms with Gasteiger partial charge in [-0.3, -0.25) is 9.59 Å². The van der Waals surface area contributed by atoms with E-state index in [0.717, 1.165) is 42.6 Å². The highest BCUT2D eigenvalue weighted by molar-refractivity contribution is 5.88. The fourth-order valence-electron chi connectivity index (χ4n) is 4.16. The second-order valence-corrected chi connectivity index (χ2v) is 8.33. The van der Waals surface area contributed by atoms with Crippen molar-refractivity contribution in [2.75, 3.05) is 13.7 Å². The minimum atomic E-state index is -0.540. The van der Waals surface area contributed by atoms with Gasteiger partial charge in [0.1, 0.15) is 17.5 Å². The van der Waals surface area contributed by atoms with E-state index in [4.69, 9.17) is 9.47 Å². The van der Waals surface area contributed by atoms with Crippen LogP contribution in [0.2, 0.25) is 0 Å². The smallest absolute Gasteiger partial charge is 0.261 e. The summed E-state index contributed by atoms with van der Waals surface area (Å²) in [5.74, 6) is 1.02. The minimum Gasteiger partial charge on any atom is -0.497 e. The van der Waals surface area contributed by atoms with Crippen LogP contribution in [-0.4, -0.2) is 42.5 Å². The van der Waals surface area contributed by atoms with Crippen LogP contribution in [0.1, 0.15) is 50.2 Å². The van der Waals surface area contributed by atoms with Crippen molar-refractivity contribution in [2.45, 2.75) is 64.6 Å². The third kappa shape index (κ3) is 6.25. The number of hydrogen-bond acceptors (Lipinski definition) is 4. The van der Waals surface area contributed by atoms with Crippen molar-refractivity contribution in [1.82, 2.24) is 10.2 Å². The summed E-state index contributed by atoms with van der Waals surface area (Å²) in [5.41, 5.74) is 2.12. The van der Waals surface area contributed by atoms with Crippen molar-refractivity contribution in [3.05, 3.63) is 59.7 Å². The lowest BCUT2D eigenvalue weighted by Gasteiger charge is -2.32. The molecule has 1 N–H and O–H groups in total. The van der Waals surface area contributed by atoms with Gasteiger partial charge in [-0.2, -0.15) is 0 Å². The van der Waals surface area contributed by atoms with Crippen molar-refractivity contribution < 1.29 is 19.1 Å². The van der Waals surface area contributed by atoms with Gasteiger partial charge in [-0.1, -0.05) is 44.0 Å². The Bertz CT molecular complexity index is 891. The first-order valence-electron chi connectivity index (χ1n) is 11.4. The van der Waals surface area contributed by atoms with Gasteiger partial charge < -0.3 is 19.7 Å². The van der Waals surface area contributed by atoms with Crippen molar-refractivity contribution in [3.8, 4) is 11.5 Å². The predicted molar refractivity (Wildman–Crippen MR) is 125 cm³/mol. The summed E-state index contributed by atoms with van der Waals surface area (Å²) < 4.78 is 10.9. The van der Waals surface area contributed by atoms with Crippen LogP contribution in [0.15, 0.2) is 48.5 Å². The first-order valence-corrected chi connectivity index (χ1v) is 11.4. The lowest BCUT2D eigenvalue weighted by atomic mass is 10.1. The van der Waals surface area contributed by atoms with Crippen molar-refractivity contribution in [1.29, 1.82) is 0 Å². The molecule has 1 aliphatic carbocycles. The average Bonchev–Trinajstić information content (AvgIpc) is 3.32. The number of nitrogens with zero attached hydrogens (tertiary/aromatic N) is 1. The summed E-state index contributed by atoms with van der Waals surface area (Å²) in [4.78, 5) is 28.1. The molecule has 0 heterocycles.